The molecule has 1 aromatic heterocycles. The average molecular weight is 224 g/mol. The number of hydrogen-bond acceptors (Lipinski definition) is 4. The summed E-state index contributed by atoms with van der Waals surface area (Å²) in [6.45, 7) is 0.441. The molecule has 2 heterocycles. The van der Waals surface area contributed by atoms with E-state index in [1.807, 2.05) is 0 Å². The Balaban J connectivity index is 2.18. The van der Waals surface area contributed by atoms with E-state index >= 15 is 0 Å². The maximum absolute atomic E-state index is 11.9. The van der Waals surface area contributed by atoms with Gasteiger partial charge in [0, 0.05) is 12.6 Å². The van der Waals surface area contributed by atoms with Crippen molar-refractivity contribution in [3.8, 4) is 0 Å². The van der Waals surface area contributed by atoms with Gasteiger partial charge in [-0.15, -0.1) is 0 Å². The molecule has 0 radical (unpaired) electrons. The molecule has 0 aliphatic carbocycles. The van der Waals surface area contributed by atoms with Crippen LogP contribution in [0, 0.1) is 0 Å². The van der Waals surface area contributed by atoms with Crippen molar-refractivity contribution in [3.63, 3.8) is 0 Å². The molecule has 0 aromatic carbocycles. The molecule has 0 saturated carbocycles. The van der Waals surface area contributed by atoms with E-state index < -0.39 is 17.9 Å². The van der Waals surface area contributed by atoms with Crippen LogP contribution in [0.15, 0.2) is 16.5 Å². The van der Waals surface area contributed by atoms with Crippen molar-refractivity contribution in [2.24, 2.45) is 0 Å². The molecular weight excluding hydrogens is 212 g/mol. The first-order valence-corrected chi connectivity index (χ1v) is 4.98. The summed E-state index contributed by atoms with van der Waals surface area (Å²) in [6.07, 6.45) is 1.18. The lowest BCUT2D eigenvalue weighted by molar-refractivity contribution is -0.141. The lowest BCUT2D eigenvalue weighted by atomic mass is 10.2. The third-order valence-electron chi connectivity index (χ3n) is 2.64. The molecule has 1 aromatic rings. The molecular formula is C10H12N2O4. The summed E-state index contributed by atoms with van der Waals surface area (Å²) < 4.78 is 4.98. The van der Waals surface area contributed by atoms with Crippen molar-refractivity contribution in [2.45, 2.75) is 18.9 Å². The van der Waals surface area contributed by atoms with Crippen LogP contribution >= 0.6 is 0 Å². The van der Waals surface area contributed by atoms with Crippen molar-refractivity contribution < 1.29 is 19.1 Å². The normalized spacial score (nSPS) is 20.0. The predicted octanol–water partition coefficient (Wildman–Crippen LogP) is 0.551. The van der Waals surface area contributed by atoms with E-state index in [2.05, 4.69) is 0 Å². The summed E-state index contributed by atoms with van der Waals surface area (Å²) in [7, 11) is 0. The molecule has 0 spiro atoms. The molecule has 86 valence electrons. The van der Waals surface area contributed by atoms with Crippen LogP contribution in [0.5, 0.6) is 0 Å². The Morgan fingerprint density at radius 3 is 2.81 bits per heavy atom. The number of likely N-dealkylation sites (tertiary alicyclic amines) is 1. The highest BCUT2D eigenvalue weighted by Gasteiger charge is 2.35. The average Bonchev–Trinajstić information content (AvgIpc) is 2.84. The van der Waals surface area contributed by atoms with Crippen molar-refractivity contribution >= 4 is 17.8 Å². The molecule has 0 bridgehead atoms. The van der Waals surface area contributed by atoms with Crippen LogP contribution in [0.2, 0.25) is 0 Å². The Bertz CT molecular complexity index is 426. The lowest BCUT2D eigenvalue weighted by Crippen LogP contribution is -2.40. The predicted molar refractivity (Wildman–Crippen MR) is 54.8 cm³/mol. The SMILES string of the molecule is Nc1ccc(C(=O)N2CCCC2C(=O)O)o1. The van der Waals surface area contributed by atoms with Gasteiger partial charge in [-0.3, -0.25) is 4.79 Å². The highest BCUT2D eigenvalue weighted by atomic mass is 16.4. The van der Waals surface area contributed by atoms with Gasteiger partial charge < -0.3 is 20.2 Å². The molecule has 2 rings (SSSR count). The van der Waals surface area contributed by atoms with Crippen molar-refractivity contribution in [1.29, 1.82) is 0 Å². The topological polar surface area (TPSA) is 96.8 Å². The quantitative estimate of drug-likeness (QED) is 0.764. The molecule has 1 unspecified atom stereocenters. The van der Waals surface area contributed by atoms with E-state index in [1.54, 1.807) is 0 Å². The van der Waals surface area contributed by atoms with E-state index in [0.717, 1.165) is 0 Å². The second-order valence-electron chi connectivity index (χ2n) is 3.70. The number of amides is 1. The first-order valence-electron chi connectivity index (χ1n) is 4.98. The fourth-order valence-corrected chi connectivity index (χ4v) is 1.88. The Hall–Kier alpha value is -1.98. The molecule has 6 nitrogen and oxygen atoms in total. The van der Waals surface area contributed by atoms with Gasteiger partial charge in [-0.05, 0) is 18.9 Å². The minimum absolute atomic E-state index is 0.0886. The van der Waals surface area contributed by atoms with Gasteiger partial charge in [-0.2, -0.15) is 0 Å². The second kappa shape index (κ2) is 3.88. The largest absolute Gasteiger partial charge is 0.480 e. The van der Waals surface area contributed by atoms with Crippen molar-refractivity contribution in [2.75, 3.05) is 12.3 Å². The fourth-order valence-electron chi connectivity index (χ4n) is 1.88. The standard InChI is InChI=1S/C10H12N2O4/c11-8-4-3-7(16-8)9(13)12-5-1-2-6(12)10(14)15/h3-4,6H,1-2,5,11H2,(H,14,15). The number of nitrogens with zero attached hydrogens (tertiary/aromatic N) is 1. The molecule has 16 heavy (non-hydrogen) atoms. The lowest BCUT2D eigenvalue weighted by Gasteiger charge is -2.19. The van der Waals surface area contributed by atoms with Crippen LogP contribution in [0.25, 0.3) is 0 Å². The number of hydrogen-bond donors (Lipinski definition) is 2. The van der Waals surface area contributed by atoms with Gasteiger partial charge in [0.15, 0.2) is 11.6 Å². The summed E-state index contributed by atoms with van der Waals surface area (Å²) in [6, 6.07) is 2.17. The number of nitrogen functional groups attached to an aromatic ring is 1. The number of carbonyl (C=O) groups is 2. The molecule has 1 atom stereocenters. The molecule has 3 N–H and O–H groups in total. The minimum Gasteiger partial charge on any atom is -0.480 e. The van der Waals surface area contributed by atoms with E-state index in [9.17, 15) is 9.59 Å². The van der Waals surface area contributed by atoms with Crippen LogP contribution in [0.3, 0.4) is 0 Å². The maximum Gasteiger partial charge on any atom is 0.326 e. The van der Waals surface area contributed by atoms with Gasteiger partial charge in [-0.1, -0.05) is 0 Å². The molecule has 1 aliphatic heterocycles. The van der Waals surface area contributed by atoms with Crippen LogP contribution in [0.4, 0.5) is 5.88 Å². The summed E-state index contributed by atoms with van der Waals surface area (Å²) in [4.78, 5) is 24.1. The molecule has 6 heteroatoms. The molecule has 1 aliphatic rings. The number of carbonyl (C=O) groups excluding carboxylic acids is 1. The number of carboxylic acid groups (broad SMARTS) is 1. The molecule has 1 fully saturated rings. The molecule has 1 amide bonds. The Morgan fingerprint density at radius 2 is 2.25 bits per heavy atom. The monoisotopic (exact) mass is 224 g/mol. The number of nitrogens with two attached hydrogens (primary N) is 1. The van der Waals surface area contributed by atoms with Crippen LogP contribution in [0.1, 0.15) is 23.4 Å². The Kier molecular flexibility index (Phi) is 2.55. The zero-order valence-electron chi connectivity index (χ0n) is 8.55. The maximum atomic E-state index is 11.9. The van der Waals surface area contributed by atoms with E-state index in [0.29, 0.717) is 19.4 Å². The minimum atomic E-state index is -0.981. The molecule has 1 saturated heterocycles. The van der Waals surface area contributed by atoms with E-state index in [1.165, 1.54) is 17.0 Å². The van der Waals surface area contributed by atoms with Crippen LogP contribution in [-0.2, 0) is 4.79 Å². The van der Waals surface area contributed by atoms with Gasteiger partial charge in [0.2, 0.25) is 0 Å². The highest BCUT2D eigenvalue weighted by Crippen LogP contribution is 2.21. The fraction of sp³-hybridized carbons (Fsp3) is 0.400. The third kappa shape index (κ3) is 1.73. The second-order valence-corrected chi connectivity index (χ2v) is 3.70. The summed E-state index contributed by atoms with van der Waals surface area (Å²) >= 11 is 0. The van der Waals surface area contributed by atoms with Crippen LogP contribution in [-0.4, -0.2) is 34.5 Å². The van der Waals surface area contributed by atoms with Gasteiger partial charge in [0.25, 0.3) is 5.91 Å². The number of furan rings is 1. The number of carboxylic acids is 1. The first kappa shape index (κ1) is 10.5. The summed E-state index contributed by atoms with van der Waals surface area (Å²) in [5, 5.41) is 8.94. The first-order chi connectivity index (χ1) is 7.59. The van der Waals surface area contributed by atoms with E-state index in [4.69, 9.17) is 15.3 Å². The number of aliphatic carboxylic acids is 1. The Labute approximate surface area is 91.6 Å². The number of rotatable bonds is 2. The van der Waals surface area contributed by atoms with Gasteiger partial charge in [-0.25, -0.2) is 4.79 Å². The third-order valence-corrected chi connectivity index (χ3v) is 2.64. The zero-order chi connectivity index (χ0) is 11.7. The van der Waals surface area contributed by atoms with E-state index in [-0.39, 0.29) is 11.6 Å². The summed E-state index contributed by atoms with van der Waals surface area (Å²) in [5.74, 6) is -1.16. The van der Waals surface area contributed by atoms with Crippen molar-refractivity contribution in [3.05, 3.63) is 17.9 Å². The van der Waals surface area contributed by atoms with Gasteiger partial charge >= 0.3 is 5.97 Å². The van der Waals surface area contributed by atoms with Crippen molar-refractivity contribution in [1.82, 2.24) is 4.90 Å². The summed E-state index contributed by atoms with van der Waals surface area (Å²) in [5.41, 5.74) is 5.36. The van der Waals surface area contributed by atoms with Gasteiger partial charge in [0.1, 0.15) is 6.04 Å². The highest BCUT2D eigenvalue weighted by molar-refractivity contribution is 5.95. The van der Waals surface area contributed by atoms with Crippen LogP contribution < -0.4 is 5.73 Å². The Morgan fingerprint density at radius 1 is 1.50 bits per heavy atom. The zero-order valence-corrected chi connectivity index (χ0v) is 8.55. The smallest absolute Gasteiger partial charge is 0.326 e. The van der Waals surface area contributed by atoms with Gasteiger partial charge in [0.05, 0.1) is 0 Å². The number of anilines is 1.